The van der Waals surface area contributed by atoms with Crippen LogP contribution in [0.2, 0.25) is 0 Å². The smallest absolute Gasteiger partial charge is 0.0255 e. The number of hydrogen-bond acceptors (Lipinski definition) is 0. The van der Waals surface area contributed by atoms with Crippen molar-refractivity contribution in [1.29, 1.82) is 0 Å². The minimum absolute atomic E-state index is 0.747. The van der Waals surface area contributed by atoms with Gasteiger partial charge in [-0.3, -0.25) is 0 Å². The first-order valence-electron chi connectivity index (χ1n) is 13.4. The SMILES string of the molecule is CCCCCc1ccc2cc(C#Cc3ccc(C4CCC(CCCC)CC4)cc3)ccc2c1. The van der Waals surface area contributed by atoms with Crippen LogP contribution in [-0.2, 0) is 6.42 Å². The van der Waals surface area contributed by atoms with Crippen molar-refractivity contribution >= 4 is 10.8 Å². The molecule has 3 aromatic carbocycles. The van der Waals surface area contributed by atoms with Gasteiger partial charge in [-0.25, -0.2) is 0 Å². The molecule has 0 nitrogen and oxygen atoms in total. The van der Waals surface area contributed by atoms with Gasteiger partial charge in [0.05, 0.1) is 0 Å². The predicted octanol–water partition coefficient (Wildman–Crippen LogP) is 9.44. The molecule has 0 aliphatic heterocycles. The average molecular weight is 437 g/mol. The summed E-state index contributed by atoms with van der Waals surface area (Å²) in [5.41, 5.74) is 5.16. The molecule has 1 aliphatic carbocycles. The molecule has 3 aromatic rings. The first kappa shape index (κ1) is 23.6. The molecule has 0 radical (unpaired) electrons. The lowest BCUT2D eigenvalue weighted by atomic mass is 9.77. The van der Waals surface area contributed by atoms with E-state index in [4.69, 9.17) is 0 Å². The zero-order chi connectivity index (χ0) is 22.9. The van der Waals surface area contributed by atoms with Gasteiger partial charge in [0.15, 0.2) is 0 Å². The zero-order valence-electron chi connectivity index (χ0n) is 20.7. The molecule has 33 heavy (non-hydrogen) atoms. The fraction of sp³-hybridized carbons (Fsp3) is 0.455. The van der Waals surface area contributed by atoms with Crippen molar-refractivity contribution in [3.05, 3.63) is 82.9 Å². The Kier molecular flexibility index (Phi) is 8.65. The Balaban J connectivity index is 1.36. The van der Waals surface area contributed by atoms with Gasteiger partial charge >= 0.3 is 0 Å². The third kappa shape index (κ3) is 6.74. The van der Waals surface area contributed by atoms with E-state index >= 15 is 0 Å². The monoisotopic (exact) mass is 436 g/mol. The van der Waals surface area contributed by atoms with Crippen molar-refractivity contribution in [3.8, 4) is 11.8 Å². The maximum absolute atomic E-state index is 3.38. The summed E-state index contributed by atoms with van der Waals surface area (Å²) in [6.07, 6.45) is 14.8. The molecule has 0 atom stereocenters. The maximum atomic E-state index is 3.38. The Labute approximate surface area is 201 Å². The first-order chi connectivity index (χ1) is 16.2. The second-order valence-corrected chi connectivity index (χ2v) is 10.1. The fourth-order valence-corrected chi connectivity index (χ4v) is 5.37. The molecule has 4 rings (SSSR count). The molecule has 0 heterocycles. The van der Waals surface area contributed by atoms with E-state index in [1.807, 2.05) is 0 Å². The molecule has 0 unspecified atom stereocenters. The summed E-state index contributed by atoms with van der Waals surface area (Å²) in [6.45, 7) is 4.57. The molecule has 1 fully saturated rings. The highest BCUT2D eigenvalue weighted by Gasteiger charge is 2.21. The second kappa shape index (κ2) is 12.1. The van der Waals surface area contributed by atoms with Crippen LogP contribution in [0.5, 0.6) is 0 Å². The van der Waals surface area contributed by atoms with E-state index in [1.165, 1.54) is 92.5 Å². The highest BCUT2D eigenvalue weighted by Crippen LogP contribution is 2.37. The maximum Gasteiger partial charge on any atom is 0.0255 e. The van der Waals surface area contributed by atoms with Gasteiger partial charge in [-0.15, -0.1) is 0 Å². The van der Waals surface area contributed by atoms with Crippen LogP contribution in [-0.4, -0.2) is 0 Å². The van der Waals surface area contributed by atoms with E-state index in [9.17, 15) is 0 Å². The van der Waals surface area contributed by atoms with Gasteiger partial charge in [0, 0.05) is 11.1 Å². The van der Waals surface area contributed by atoms with Crippen LogP contribution in [0.4, 0.5) is 0 Å². The summed E-state index contributed by atoms with van der Waals surface area (Å²) in [5, 5.41) is 2.61. The van der Waals surface area contributed by atoms with Crippen LogP contribution in [0, 0.1) is 17.8 Å². The third-order valence-electron chi connectivity index (χ3n) is 7.52. The summed E-state index contributed by atoms with van der Waals surface area (Å²) in [5.74, 6) is 8.49. The fourth-order valence-electron chi connectivity index (χ4n) is 5.37. The Morgan fingerprint density at radius 3 is 2.09 bits per heavy atom. The van der Waals surface area contributed by atoms with Crippen molar-refractivity contribution in [1.82, 2.24) is 0 Å². The topological polar surface area (TPSA) is 0 Å². The first-order valence-corrected chi connectivity index (χ1v) is 13.4. The van der Waals surface area contributed by atoms with Crippen molar-refractivity contribution in [2.75, 3.05) is 0 Å². The van der Waals surface area contributed by atoms with Crippen molar-refractivity contribution in [2.45, 2.75) is 90.4 Å². The molecule has 0 amide bonds. The van der Waals surface area contributed by atoms with Crippen LogP contribution in [0.15, 0.2) is 60.7 Å². The summed E-state index contributed by atoms with van der Waals surface area (Å²) in [4.78, 5) is 0. The summed E-state index contributed by atoms with van der Waals surface area (Å²) in [6, 6.07) is 22.6. The van der Waals surface area contributed by atoms with Crippen LogP contribution >= 0.6 is 0 Å². The van der Waals surface area contributed by atoms with Crippen molar-refractivity contribution < 1.29 is 0 Å². The molecule has 0 saturated heterocycles. The van der Waals surface area contributed by atoms with Crippen LogP contribution in [0.1, 0.15) is 106 Å². The molecule has 0 bridgehead atoms. The number of benzene rings is 3. The van der Waals surface area contributed by atoms with E-state index in [1.54, 1.807) is 0 Å². The molecule has 0 spiro atoms. The number of fused-ring (bicyclic) bond motifs is 1. The molecular weight excluding hydrogens is 396 g/mol. The Morgan fingerprint density at radius 2 is 1.33 bits per heavy atom. The van der Waals surface area contributed by atoms with Crippen molar-refractivity contribution in [3.63, 3.8) is 0 Å². The van der Waals surface area contributed by atoms with Gasteiger partial charge in [-0.1, -0.05) is 94.2 Å². The van der Waals surface area contributed by atoms with E-state index in [-0.39, 0.29) is 0 Å². The molecule has 0 heteroatoms. The minimum Gasteiger partial charge on any atom is -0.0654 e. The second-order valence-electron chi connectivity index (χ2n) is 10.1. The Bertz CT molecular complexity index is 1070. The number of unbranched alkanes of at least 4 members (excludes halogenated alkanes) is 3. The van der Waals surface area contributed by atoms with Gasteiger partial charge in [-0.05, 0) is 96.5 Å². The van der Waals surface area contributed by atoms with E-state index in [0.29, 0.717) is 0 Å². The molecular formula is C33H40. The lowest BCUT2D eigenvalue weighted by molar-refractivity contribution is 0.304. The Morgan fingerprint density at radius 1 is 0.667 bits per heavy atom. The molecule has 1 aliphatic rings. The third-order valence-corrected chi connectivity index (χ3v) is 7.52. The van der Waals surface area contributed by atoms with E-state index in [2.05, 4.69) is 86.4 Å². The van der Waals surface area contributed by atoms with E-state index in [0.717, 1.165) is 23.0 Å². The largest absolute Gasteiger partial charge is 0.0654 e. The van der Waals surface area contributed by atoms with Gasteiger partial charge in [0.1, 0.15) is 0 Å². The van der Waals surface area contributed by atoms with Crippen LogP contribution in [0.25, 0.3) is 10.8 Å². The molecule has 1 saturated carbocycles. The average Bonchev–Trinajstić information content (AvgIpc) is 2.87. The van der Waals surface area contributed by atoms with E-state index < -0.39 is 0 Å². The molecule has 0 aromatic heterocycles. The van der Waals surface area contributed by atoms with Gasteiger partial charge in [0.2, 0.25) is 0 Å². The van der Waals surface area contributed by atoms with Gasteiger partial charge < -0.3 is 0 Å². The van der Waals surface area contributed by atoms with Crippen LogP contribution in [0.3, 0.4) is 0 Å². The predicted molar refractivity (Wildman–Crippen MR) is 144 cm³/mol. The number of aryl methyl sites for hydroxylation is 1. The lowest BCUT2D eigenvalue weighted by Crippen LogP contribution is -2.13. The molecule has 0 N–H and O–H groups in total. The van der Waals surface area contributed by atoms with Crippen LogP contribution < -0.4 is 0 Å². The summed E-state index contributed by atoms with van der Waals surface area (Å²) < 4.78 is 0. The standard InChI is InChI=1S/C33H40/c1-3-5-7-9-28-16-22-33-25-29(17-23-32(33)24-28)11-10-27-14-20-31(21-15-27)30-18-12-26(13-19-30)8-6-4-2/h14-17,20-26,30H,3-9,12-13,18-19H2,1-2H3. The zero-order valence-corrected chi connectivity index (χ0v) is 20.7. The highest BCUT2D eigenvalue weighted by molar-refractivity contribution is 5.84. The minimum atomic E-state index is 0.747. The highest BCUT2D eigenvalue weighted by atomic mass is 14.3. The van der Waals surface area contributed by atoms with Gasteiger partial charge in [0.25, 0.3) is 0 Å². The molecule has 172 valence electrons. The lowest BCUT2D eigenvalue weighted by Gasteiger charge is -2.28. The van der Waals surface area contributed by atoms with Gasteiger partial charge in [-0.2, -0.15) is 0 Å². The normalized spacial score (nSPS) is 18.1. The van der Waals surface area contributed by atoms with Crippen molar-refractivity contribution in [2.24, 2.45) is 5.92 Å². The number of rotatable bonds is 8. The summed E-state index contributed by atoms with van der Waals surface area (Å²) in [7, 11) is 0. The summed E-state index contributed by atoms with van der Waals surface area (Å²) >= 11 is 0. The number of hydrogen-bond donors (Lipinski definition) is 0. The Hall–Kier alpha value is -2.52. The quantitative estimate of drug-likeness (QED) is 0.244.